The van der Waals surface area contributed by atoms with Crippen molar-refractivity contribution in [2.45, 2.75) is 49.6 Å². The molecular formula is C18H28N2O2S. The van der Waals surface area contributed by atoms with Crippen LogP contribution in [0.25, 0.3) is 0 Å². The zero-order valence-electron chi connectivity index (χ0n) is 14.6. The monoisotopic (exact) mass is 336 g/mol. The van der Waals surface area contributed by atoms with Crippen molar-refractivity contribution in [1.29, 1.82) is 0 Å². The average Bonchev–Trinajstić information content (AvgIpc) is 2.77. The van der Waals surface area contributed by atoms with Crippen LogP contribution >= 0.6 is 11.8 Å². The van der Waals surface area contributed by atoms with E-state index in [4.69, 9.17) is 4.74 Å². The molecule has 0 aromatic heterocycles. The number of urea groups is 1. The lowest BCUT2D eigenvalue weighted by atomic mass is 9.97. The lowest BCUT2D eigenvalue weighted by Crippen LogP contribution is -2.42. The van der Waals surface area contributed by atoms with Crippen LogP contribution in [-0.2, 0) is 4.74 Å². The van der Waals surface area contributed by atoms with E-state index >= 15 is 0 Å². The fraction of sp³-hybridized carbons (Fsp3) is 0.611. The van der Waals surface area contributed by atoms with Gasteiger partial charge in [-0.15, -0.1) is 11.8 Å². The third-order valence-corrected chi connectivity index (χ3v) is 5.52. The van der Waals surface area contributed by atoms with Crippen LogP contribution in [0, 0.1) is 0 Å². The predicted molar refractivity (Wildman–Crippen MR) is 96.0 cm³/mol. The quantitative estimate of drug-likeness (QED) is 0.843. The number of carbonyl (C=O) groups excluding carboxylic acids is 1. The molecule has 0 unspecified atom stereocenters. The van der Waals surface area contributed by atoms with Gasteiger partial charge in [0, 0.05) is 25.1 Å². The van der Waals surface area contributed by atoms with Crippen molar-refractivity contribution >= 4 is 17.8 Å². The topological polar surface area (TPSA) is 41.6 Å². The van der Waals surface area contributed by atoms with E-state index in [0.29, 0.717) is 0 Å². The first kappa shape index (κ1) is 18.1. The molecule has 1 aromatic carbocycles. The lowest BCUT2D eigenvalue weighted by Gasteiger charge is -2.27. The molecule has 5 heteroatoms. The molecule has 1 fully saturated rings. The molecule has 1 N–H and O–H groups in total. The van der Waals surface area contributed by atoms with Gasteiger partial charge in [-0.2, -0.15) is 0 Å². The Kier molecular flexibility index (Phi) is 6.36. The Balaban J connectivity index is 1.92. The van der Waals surface area contributed by atoms with Crippen LogP contribution in [0.4, 0.5) is 4.79 Å². The van der Waals surface area contributed by atoms with Gasteiger partial charge in [-0.1, -0.05) is 12.1 Å². The molecule has 1 aliphatic heterocycles. The summed E-state index contributed by atoms with van der Waals surface area (Å²) in [6, 6.07) is 8.39. The van der Waals surface area contributed by atoms with Gasteiger partial charge in [-0.3, -0.25) is 0 Å². The maximum absolute atomic E-state index is 12.5. The van der Waals surface area contributed by atoms with Crippen LogP contribution in [0.5, 0.6) is 0 Å². The molecule has 0 radical (unpaired) electrons. The van der Waals surface area contributed by atoms with E-state index < -0.39 is 0 Å². The summed E-state index contributed by atoms with van der Waals surface area (Å²) in [4.78, 5) is 15.7. The fourth-order valence-electron chi connectivity index (χ4n) is 2.91. The Morgan fingerprint density at radius 2 is 2.00 bits per heavy atom. The second-order valence-corrected chi connectivity index (χ2v) is 7.32. The largest absolute Gasteiger partial charge is 0.378 e. The second kappa shape index (κ2) is 8.06. The summed E-state index contributed by atoms with van der Waals surface area (Å²) in [6.45, 7) is 5.70. The molecular weight excluding hydrogens is 308 g/mol. The first-order valence-corrected chi connectivity index (χ1v) is 9.44. The van der Waals surface area contributed by atoms with Crippen LogP contribution in [0.1, 0.15) is 44.7 Å². The van der Waals surface area contributed by atoms with E-state index in [0.717, 1.165) is 37.9 Å². The van der Waals surface area contributed by atoms with Crippen LogP contribution in [0.15, 0.2) is 29.2 Å². The number of amides is 2. The smallest absolute Gasteiger partial charge is 0.317 e. The second-order valence-electron chi connectivity index (χ2n) is 6.44. The van der Waals surface area contributed by atoms with Crippen molar-refractivity contribution in [2.75, 3.05) is 26.5 Å². The highest BCUT2D eigenvalue weighted by atomic mass is 32.2. The lowest BCUT2D eigenvalue weighted by molar-refractivity contribution is -0.00500. The summed E-state index contributed by atoms with van der Waals surface area (Å²) >= 11 is 1.72. The van der Waals surface area contributed by atoms with Gasteiger partial charge in [-0.25, -0.2) is 4.79 Å². The van der Waals surface area contributed by atoms with Crippen LogP contribution in [0.3, 0.4) is 0 Å². The van der Waals surface area contributed by atoms with Crippen molar-refractivity contribution in [1.82, 2.24) is 10.2 Å². The van der Waals surface area contributed by atoms with Gasteiger partial charge in [-0.05, 0) is 57.1 Å². The van der Waals surface area contributed by atoms with Crippen molar-refractivity contribution < 1.29 is 9.53 Å². The first-order valence-electron chi connectivity index (χ1n) is 8.22. The first-order chi connectivity index (χ1) is 11.0. The zero-order chi connectivity index (χ0) is 16.9. The highest BCUT2D eigenvalue weighted by Crippen LogP contribution is 2.25. The Bertz CT molecular complexity index is 520. The molecule has 0 saturated carbocycles. The molecule has 2 atom stereocenters. The van der Waals surface area contributed by atoms with Crippen LogP contribution < -0.4 is 5.32 Å². The number of hydrogen-bond donors (Lipinski definition) is 1. The summed E-state index contributed by atoms with van der Waals surface area (Å²) in [5.74, 6) is 0. The molecule has 0 spiro atoms. The van der Waals surface area contributed by atoms with Crippen molar-refractivity contribution in [3.63, 3.8) is 0 Å². The predicted octanol–water partition coefficient (Wildman–Crippen LogP) is 4.07. The van der Waals surface area contributed by atoms with Crippen molar-refractivity contribution in [3.8, 4) is 0 Å². The number of carbonyl (C=O) groups is 1. The highest BCUT2D eigenvalue weighted by molar-refractivity contribution is 7.98. The number of ether oxygens (including phenoxy) is 1. The Labute approximate surface area is 144 Å². The molecule has 128 valence electrons. The van der Waals surface area contributed by atoms with Crippen molar-refractivity contribution in [3.05, 3.63) is 29.8 Å². The highest BCUT2D eigenvalue weighted by Gasteiger charge is 2.29. The molecule has 1 heterocycles. The van der Waals surface area contributed by atoms with Crippen LogP contribution in [0.2, 0.25) is 0 Å². The number of benzene rings is 1. The Morgan fingerprint density at radius 3 is 2.61 bits per heavy atom. The van der Waals surface area contributed by atoms with Crippen LogP contribution in [-0.4, -0.2) is 43.0 Å². The minimum absolute atomic E-state index is 0.00969. The van der Waals surface area contributed by atoms with E-state index in [9.17, 15) is 4.79 Å². The summed E-state index contributed by atoms with van der Waals surface area (Å²) in [5.41, 5.74) is 1.03. The fourth-order valence-corrected chi connectivity index (χ4v) is 3.32. The number of likely N-dealkylation sites (tertiary alicyclic amines) is 1. The van der Waals surface area contributed by atoms with Gasteiger partial charge in [0.25, 0.3) is 0 Å². The Morgan fingerprint density at radius 1 is 1.30 bits per heavy atom. The maximum Gasteiger partial charge on any atom is 0.317 e. The van der Waals surface area contributed by atoms with E-state index in [2.05, 4.69) is 42.8 Å². The third kappa shape index (κ3) is 4.88. The third-order valence-electron chi connectivity index (χ3n) is 4.78. The SMILES string of the molecule is CO[C@]1(C)CCCN(C(=O)N[C@H](C)c2ccc(SC)cc2)CC1. The van der Waals surface area contributed by atoms with Crippen molar-refractivity contribution in [2.24, 2.45) is 0 Å². The number of methoxy groups -OCH3 is 1. The molecule has 2 amide bonds. The standard InChI is InChI=1S/C18H28N2O2S/c1-14(15-6-8-16(23-4)9-7-15)19-17(21)20-12-5-10-18(2,22-3)11-13-20/h6-9,14H,5,10-13H2,1-4H3,(H,19,21)/t14-,18-/m1/s1. The zero-order valence-corrected chi connectivity index (χ0v) is 15.4. The van der Waals surface area contributed by atoms with E-state index in [-0.39, 0.29) is 17.7 Å². The number of hydrogen-bond acceptors (Lipinski definition) is 3. The Hall–Kier alpha value is -1.20. The number of thioether (sulfide) groups is 1. The van der Waals surface area contributed by atoms with Gasteiger partial charge < -0.3 is 15.0 Å². The maximum atomic E-state index is 12.5. The van der Waals surface area contributed by atoms with Gasteiger partial charge in [0.1, 0.15) is 0 Å². The van der Waals surface area contributed by atoms with Gasteiger partial charge in [0.2, 0.25) is 0 Å². The normalized spacial score (nSPS) is 23.2. The van der Waals surface area contributed by atoms with Gasteiger partial charge in [0.15, 0.2) is 0 Å². The molecule has 1 saturated heterocycles. The summed E-state index contributed by atoms with van der Waals surface area (Å²) in [7, 11) is 1.76. The molecule has 0 aliphatic carbocycles. The average molecular weight is 337 g/mol. The summed E-state index contributed by atoms with van der Waals surface area (Å²) < 4.78 is 5.60. The number of nitrogens with one attached hydrogen (secondary N) is 1. The molecule has 23 heavy (non-hydrogen) atoms. The minimum Gasteiger partial charge on any atom is -0.378 e. The summed E-state index contributed by atoms with van der Waals surface area (Å²) in [5, 5.41) is 3.12. The van der Waals surface area contributed by atoms with E-state index in [1.165, 1.54) is 4.90 Å². The molecule has 1 aromatic rings. The molecule has 2 rings (SSSR count). The molecule has 1 aliphatic rings. The molecule has 4 nitrogen and oxygen atoms in total. The molecule has 0 bridgehead atoms. The number of rotatable bonds is 4. The summed E-state index contributed by atoms with van der Waals surface area (Å²) in [6.07, 6.45) is 4.93. The minimum atomic E-state index is -0.103. The van der Waals surface area contributed by atoms with E-state index in [1.807, 2.05) is 11.8 Å². The van der Waals surface area contributed by atoms with E-state index in [1.54, 1.807) is 18.9 Å². The van der Waals surface area contributed by atoms with Gasteiger partial charge >= 0.3 is 6.03 Å². The number of nitrogens with zero attached hydrogens (tertiary/aromatic N) is 1. The van der Waals surface area contributed by atoms with Gasteiger partial charge in [0.05, 0.1) is 11.6 Å².